The van der Waals surface area contributed by atoms with Crippen molar-refractivity contribution < 1.29 is 0 Å². The quantitative estimate of drug-likeness (QED) is 0.920. The molecule has 0 saturated carbocycles. The largest absolute Gasteiger partial charge is 0.397 e. The third kappa shape index (κ3) is 2.82. The third-order valence-corrected chi connectivity index (χ3v) is 4.25. The highest BCUT2D eigenvalue weighted by Crippen LogP contribution is 2.19. The first-order valence-electron chi connectivity index (χ1n) is 6.04. The van der Waals surface area contributed by atoms with Crippen LogP contribution < -0.4 is 10.6 Å². The number of hydrogen-bond acceptors (Lipinski definition) is 4. The maximum Gasteiger partial charge on any atom is 0.128 e. The Labute approximate surface area is 112 Å². The van der Waals surface area contributed by atoms with Gasteiger partial charge >= 0.3 is 0 Å². The average molecular weight is 261 g/mol. The number of rotatable bonds is 4. The van der Waals surface area contributed by atoms with Gasteiger partial charge in [0.25, 0.3) is 0 Å². The van der Waals surface area contributed by atoms with Crippen LogP contribution in [0.4, 0.5) is 11.5 Å². The molecular weight excluding hydrogens is 242 g/mol. The van der Waals surface area contributed by atoms with Gasteiger partial charge in [-0.05, 0) is 48.9 Å². The van der Waals surface area contributed by atoms with E-state index in [2.05, 4.69) is 35.3 Å². The second-order valence-corrected chi connectivity index (χ2v) is 5.60. The molecule has 0 radical (unpaired) electrons. The molecular formula is C14H19N3S. The van der Waals surface area contributed by atoms with Gasteiger partial charge in [-0.1, -0.05) is 0 Å². The minimum atomic E-state index is 0.751. The summed E-state index contributed by atoms with van der Waals surface area (Å²) in [5.41, 5.74) is 9.00. The Balaban J connectivity index is 2.01. The molecule has 2 aromatic heterocycles. The number of aromatic nitrogens is 1. The standard InChI is InChI=1S/C14H19N3S/c1-10-5-7-18-13(10)4-6-17(3)14-8-11(2)12(15)9-16-14/h5,7-9H,4,6,15H2,1-3H3. The molecule has 2 aromatic rings. The van der Waals surface area contributed by atoms with E-state index in [0.29, 0.717) is 0 Å². The molecule has 2 N–H and O–H groups in total. The summed E-state index contributed by atoms with van der Waals surface area (Å²) in [6, 6.07) is 4.21. The molecule has 0 aliphatic rings. The van der Waals surface area contributed by atoms with E-state index >= 15 is 0 Å². The number of nitrogens with zero attached hydrogens (tertiary/aromatic N) is 2. The number of nitrogens with two attached hydrogens (primary N) is 1. The van der Waals surface area contributed by atoms with Gasteiger partial charge in [-0.2, -0.15) is 0 Å². The highest BCUT2D eigenvalue weighted by Gasteiger charge is 2.06. The molecule has 4 heteroatoms. The number of pyridine rings is 1. The summed E-state index contributed by atoms with van der Waals surface area (Å²) in [5, 5.41) is 2.15. The molecule has 96 valence electrons. The van der Waals surface area contributed by atoms with Gasteiger partial charge in [0.2, 0.25) is 0 Å². The van der Waals surface area contributed by atoms with Crippen molar-refractivity contribution in [2.45, 2.75) is 20.3 Å². The fraction of sp³-hybridized carbons (Fsp3) is 0.357. The van der Waals surface area contributed by atoms with E-state index in [0.717, 1.165) is 30.0 Å². The van der Waals surface area contributed by atoms with E-state index in [-0.39, 0.29) is 0 Å². The Bertz CT molecular complexity index is 534. The zero-order valence-corrected chi connectivity index (χ0v) is 11.9. The van der Waals surface area contributed by atoms with Crippen molar-refractivity contribution in [3.63, 3.8) is 0 Å². The molecule has 0 unspecified atom stereocenters. The van der Waals surface area contributed by atoms with Crippen molar-refractivity contribution in [3.05, 3.63) is 39.7 Å². The van der Waals surface area contributed by atoms with Crippen molar-refractivity contribution in [1.29, 1.82) is 0 Å². The molecule has 3 nitrogen and oxygen atoms in total. The van der Waals surface area contributed by atoms with E-state index in [4.69, 9.17) is 5.73 Å². The van der Waals surface area contributed by atoms with Crippen molar-refractivity contribution >= 4 is 22.8 Å². The molecule has 2 rings (SSSR count). The molecule has 0 atom stereocenters. The van der Waals surface area contributed by atoms with Gasteiger partial charge < -0.3 is 10.6 Å². The number of aryl methyl sites for hydroxylation is 2. The van der Waals surface area contributed by atoms with Crippen molar-refractivity contribution in [1.82, 2.24) is 4.98 Å². The Kier molecular flexibility index (Phi) is 3.87. The molecule has 0 fully saturated rings. The zero-order valence-electron chi connectivity index (χ0n) is 11.1. The first-order valence-corrected chi connectivity index (χ1v) is 6.92. The first-order chi connectivity index (χ1) is 8.58. The summed E-state index contributed by atoms with van der Waals surface area (Å²) < 4.78 is 0. The number of thiophene rings is 1. The highest BCUT2D eigenvalue weighted by molar-refractivity contribution is 7.10. The van der Waals surface area contributed by atoms with Crippen molar-refractivity contribution in [2.24, 2.45) is 0 Å². The van der Waals surface area contributed by atoms with E-state index in [9.17, 15) is 0 Å². The van der Waals surface area contributed by atoms with Crippen LogP contribution in [0.2, 0.25) is 0 Å². The third-order valence-electron chi connectivity index (χ3n) is 3.17. The van der Waals surface area contributed by atoms with Gasteiger partial charge in [0.1, 0.15) is 5.82 Å². The molecule has 0 bridgehead atoms. The van der Waals surface area contributed by atoms with E-state index in [1.165, 1.54) is 10.4 Å². The van der Waals surface area contributed by atoms with Crippen molar-refractivity contribution in [3.8, 4) is 0 Å². The topological polar surface area (TPSA) is 42.2 Å². The normalized spacial score (nSPS) is 10.6. The number of hydrogen-bond donors (Lipinski definition) is 1. The molecule has 18 heavy (non-hydrogen) atoms. The van der Waals surface area contributed by atoms with Gasteiger partial charge in [-0.25, -0.2) is 4.98 Å². The van der Waals surface area contributed by atoms with Crippen LogP contribution in [-0.2, 0) is 6.42 Å². The zero-order chi connectivity index (χ0) is 13.1. The summed E-state index contributed by atoms with van der Waals surface area (Å²) in [4.78, 5) is 7.99. The van der Waals surface area contributed by atoms with Crippen LogP contribution in [0.5, 0.6) is 0 Å². The van der Waals surface area contributed by atoms with Crippen LogP contribution in [0.1, 0.15) is 16.0 Å². The van der Waals surface area contributed by atoms with Gasteiger partial charge in [0.05, 0.1) is 11.9 Å². The van der Waals surface area contributed by atoms with Crippen LogP contribution >= 0.6 is 11.3 Å². The van der Waals surface area contributed by atoms with Crippen LogP contribution in [0, 0.1) is 13.8 Å². The van der Waals surface area contributed by atoms with Gasteiger partial charge in [0, 0.05) is 18.5 Å². The lowest BCUT2D eigenvalue weighted by Crippen LogP contribution is -2.21. The lowest BCUT2D eigenvalue weighted by molar-refractivity contribution is 0.865. The summed E-state index contributed by atoms with van der Waals surface area (Å²) >= 11 is 1.83. The average Bonchev–Trinajstić information content (AvgIpc) is 2.75. The molecule has 0 amide bonds. The Morgan fingerprint density at radius 2 is 2.11 bits per heavy atom. The second-order valence-electron chi connectivity index (χ2n) is 4.60. The minimum Gasteiger partial charge on any atom is -0.397 e. The maximum atomic E-state index is 5.78. The predicted molar refractivity (Wildman–Crippen MR) is 79.4 cm³/mol. The maximum absolute atomic E-state index is 5.78. The smallest absolute Gasteiger partial charge is 0.128 e. The summed E-state index contributed by atoms with van der Waals surface area (Å²) in [6.45, 7) is 5.15. The number of anilines is 2. The van der Waals surface area contributed by atoms with Gasteiger partial charge in [-0.15, -0.1) is 11.3 Å². The summed E-state index contributed by atoms with van der Waals surface area (Å²) in [7, 11) is 2.07. The van der Waals surface area contributed by atoms with E-state index in [1.807, 2.05) is 24.3 Å². The Morgan fingerprint density at radius 1 is 1.33 bits per heavy atom. The van der Waals surface area contributed by atoms with Gasteiger partial charge in [-0.3, -0.25) is 0 Å². The fourth-order valence-electron chi connectivity index (χ4n) is 1.80. The number of nitrogen functional groups attached to an aromatic ring is 1. The SMILES string of the molecule is Cc1cc(N(C)CCc2sccc2C)ncc1N. The highest BCUT2D eigenvalue weighted by atomic mass is 32.1. The summed E-state index contributed by atoms with van der Waals surface area (Å²) in [5.74, 6) is 0.982. The van der Waals surface area contributed by atoms with E-state index < -0.39 is 0 Å². The monoisotopic (exact) mass is 261 g/mol. The molecule has 0 saturated heterocycles. The van der Waals surface area contributed by atoms with Crippen LogP contribution in [-0.4, -0.2) is 18.6 Å². The van der Waals surface area contributed by atoms with Gasteiger partial charge in [0.15, 0.2) is 0 Å². The second kappa shape index (κ2) is 5.40. The molecule has 0 spiro atoms. The minimum absolute atomic E-state index is 0.751. The molecule has 2 heterocycles. The van der Waals surface area contributed by atoms with Crippen LogP contribution in [0.15, 0.2) is 23.7 Å². The Hall–Kier alpha value is -1.55. The number of likely N-dealkylation sites (N-methyl/N-ethyl adjacent to an activating group) is 1. The first kappa shape index (κ1) is 12.9. The summed E-state index contributed by atoms with van der Waals surface area (Å²) in [6.07, 6.45) is 2.79. The van der Waals surface area contributed by atoms with Crippen LogP contribution in [0.25, 0.3) is 0 Å². The lowest BCUT2D eigenvalue weighted by atomic mass is 10.2. The molecule has 0 aliphatic heterocycles. The van der Waals surface area contributed by atoms with Crippen LogP contribution in [0.3, 0.4) is 0 Å². The lowest BCUT2D eigenvalue weighted by Gasteiger charge is -2.18. The Morgan fingerprint density at radius 3 is 2.72 bits per heavy atom. The molecule has 0 aliphatic carbocycles. The molecule has 0 aromatic carbocycles. The predicted octanol–water partition coefficient (Wildman–Crippen LogP) is 3.02. The fourth-order valence-corrected chi connectivity index (χ4v) is 2.70. The van der Waals surface area contributed by atoms with Crippen molar-refractivity contribution in [2.75, 3.05) is 24.2 Å². The van der Waals surface area contributed by atoms with E-state index in [1.54, 1.807) is 6.20 Å².